The Morgan fingerprint density at radius 1 is 1.10 bits per heavy atom. The van der Waals surface area contributed by atoms with Gasteiger partial charge in [-0.05, 0) is 46.6 Å². The lowest BCUT2D eigenvalue weighted by Gasteiger charge is -2.10. The van der Waals surface area contributed by atoms with Crippen LogP contribution in [0, 0.1) is 4.91 Å². The summed E-state index contributed by atoms with van der Waals surface area (Å²) >= 11 is 1.01. The topological polar surface area (TPSA) is 49.7 Å². The summed E-state index contributed by atoms with van der Waals surface area (Å²) in [7, 11) is 3.35. The van der Waals surface area contributed by atoms with Gasteiger partial charge < -0.3 is 4.90 Å². The van der Waals surface area contributed by atoms with Gasteiger partial charge in [0.15, 0.2) is 0 Å². The van der Waals surface area contributed by atoms with E-state index in [1.165, 1.54) is 10.5 Å². The number of amides is 1. The van der Waals surface area contributed by atoms with E-state index in [-0.39, 0.29) is 5.24 Å². The highest BCUT2D eigenvalue weighted by Gasteiger charge is 2.12. The molecular formula is C16H16N2O2S. The normalized spacial score (nSPS) is 10.2. The lowest BCUT2D eigenvalue weighted by molar-refractivity contribution is 0.241. The second kappa shape index (κ2) is 7.04. The molecule has 0 saturated carbocycles. The highest BCUT2D eigenvalue weighted by Crippen LogP contribution is 2.32. The van der Waals surface area contributed by atoms with E-state index in [9.17, 15) is 9.70 Å². The summed E-state index contributed by atoms with van der Waals surface area (Å²) < 4.78 is 0. The van der Waals surface area contributed by atoms with Gasteiger partial charge in [-0.15, -0.1) is 4.91 Å². The van der Waals surface area contributed by atoms with Crippen molar-refractivity contribution in [3.8, 4) is 0 Å². The molecule has 2 aromatic carbocycles. The molecule has 21 heavy (non-hydrogen) atoms. The van der Waals surface area contributed by atoms with Gasteiger partial charge in [-0.1, -0.05) is 36.4 Å². The van der Waals surface area contributed by atoms with Crippen molar-refractivity contribution in [2.75, 3.05) is 14.1 Å². The third kappa shape index (κ3) is 4.16. The van der Waals surface area contributed by atoms with Gasteiger partial charge in [-0.3, -0.25) is 4.79 Å². The number of hydrogen-bond acceptors (Lipinski definition) is 4. The summed E-state index contributed by atoms with van der Waals surface area (Å²) in [6.45, 7) is 0. The molecule has 0 heterocycles. The summed E-state index contributed by atoms with van der Waals surface area (Å²) in [5.41, 5.74) is 2.47. The molecule has 0 N–H and O–H groups in total. The van der Waals surface area contributed by atoms with Gasteiger partial charge in [0.1, 0.15) is 5.69 Å². The lowest BCUT2D eigenvalue weighted by Crippen LogP contribution is -2.16. The number of carbonyl (C=O) groups excluding carboxylic acids is 1. The average Bonchev–Trinajstić information content (AvgIpc) is 2.49. The van der Waals surface area contributed by atoms with Gasteiger partial charge in [0.25, 0.3) is 5.24 Å². The molecule has 0 aliphatic heterocycles. The van der Waals surface area contributed by atoms with Crippen molar-refractivity contribution in [1.29, 1.82) is 0 Å². The first-order chi connectivity index (χ1) is 10.1. The fourth-order valence-electron chi connectivity index (χ4n) is 1.85. The summed E-state index contributed by atoms with van der Waals surface area (Å²) in [4.78, 5) is 24.7. The van der Waals surface area contributed by atoms with Crippen LogP contribution in [0.15, 0.2) is 58.6 Å². The quantitative estimate of drug-likeness (QED) is 0.619. The van der Waals surface area contributed by atoms with Crippen molar-refractivity contribution in [3.05, 3.63) is 64.6 Å². The van der Waals surface area contributed by atoms with E-state index < -0.39 is 0 Å². The third-order valence-corrected chi connectivity index (χ3v) is 4.04. The summed E-state index contributed by atoms with van der Waals surface area (Å²) in [6, 6.07) is 15.4. The Balaban J connectivity index is 2.20. The molecule has 2 aromatic rings. The van der Waals surface area contributed by atoms with Gasteiger partial charge in [0.05, 0.1) is 0 Å². The smallest absolute Gasteiger partial charge is 0.286 e. The SMILES string of the molecule is CN(C)C(=O)Sc1ccc(Cc2ccccc2)cc1N=O. The molecule has 0 spiro atoms. The van der Waals surface area contributed by atoms with Crippen LogP contribution in [0.5, 0.6) is 0 Å². The minimum absolute atomic E-state index is 0.129. The molecule has 0 radical (unpaired) electrons. The highest BCUT2D eigenvalue weighted by molar-refractivity contribution is 8.13. The number of carbonyl (C=O) groups is 1. The Hall–Kier alpha value is -2.14. The van der Waals surface area contributed by atoms with E-state index in [0.29, 0.717) is 10.6 Å². The number of hydrogen-bond donors (Lipinski definition) is 0. The average molecular weight is 300 g/mol. The first-order valence-corrected chi connectivity index (χ1v) is 7.31. The molecular weight excluding hydrogens is 284 g/mol. The fraction of sp³-hybridized carbons (Fsp3) is 0.188. The number of nitroso groups, excluding NO2 is 1. The van der Waals surface area contributed by atoms with Crippen LogP contribution in [-0.2, 0) is 6.42 Å². The van der Waals surface area contributed by atoms with Crippen LogP contribution in [0.2, 0.25) is 0 Å². The molecule has 108 valence electrons. The maximum Gasteiger partial charge on any atom is 0.286 e. The molecule has 0 bridgehead atoms. The van der Waals surface area contributed by atoms with Crippen LogP contribution in [0.4, 0.5) is 10.5 Å². The highest BCUT2D eigenvalue weighted by atomic mass is 32.2. The Kier molecular flexibility index (Phi) is 5.11. The van der Waals surface area contributed by atoms with Crippen molar-refractivity contribution in [2.45, 2.75) is 11.3 Å². The largest absolute Gasteiger partial charge is 0.339 e. The van der Waals surface area contributed by atoms with Crippen molar-refractivity contribution >= 4 is 22.7 Å². The minimum Gasteiger partial charge on any atom is -0.339 e. The van der Waals surface area contributed by atoms with Crippen LogP contribution < -0.4 is 0 Å². The molecule has 0 atom stereocenters. The zero-order chi connectivity index (χ0) is 15.2. The van der Waals surface area contributed by atoms with Crippen molar-refractivity contribution in [2.24, 2.45) is 5.18 Å². The number of benzene rings is 2. The molecule has 5 heteroatoms. The molecule has 0 aliphatic carbocycles. The standard InChI is InChI=1S/C16H16N2O2S/c1-18(2)16(19)21-15-9-8-13(11-14(15)17-20)10-12-6-4-3-5-7-12/h3-9,11H,10H2,1-2H3. The second-order valence-corrected chi connectivity index (χ2v) is 5.81. The molecule has 2 rings (SSSR count). The minimum atomic E-state index is -0.129. The van der Waals surface area contributed by atoms with Crippen LogP contribution in [0.25, 0.3) is 0 Å². The molecule has 1 amide bonds. The Bertz CT molecular complexity index is 642. The molecule has 0 aromatic heterocycles. The van der Waals surface area contributed by atoms with Gasteiger partial charge in [-0.2, -0.15) is 0 Å². The fourth-order valence-corrected chi connectivity index (χ4v) is 2.56. The third-order valence-electron chi connectivity index (χ3n) is 2.94. The first kappa shape index (κ1) is 15.3. The second-order valence-electron chi connectivity index (χ2n) is 4.82. The van der Waals surface area contributed by atoms with Gasteiger partial charge >= 0.3 is 0 Å². The van der Waals surface area contributed by atoms with Crippen molar-refractivity contribution < 1.29 is 4.79 Å². The summed E-state index contributed by atoms with van der Waals surface area (Å²) in [5, 5.41) is 2.91. The van der Waals surface area contributed by atoms with Gasteiger partial charge in [0, 0.05) is 19.0 Å². The molecule has 0 unspecified atom stereocenters. The van der Waals surface area contributed by atoms with Gasteiger partial charge in [0.2, 0.25) is 0 Å². The Morgan fingerprint density at radius 2 is 1.81 bits per heavy atom. The van der Waals surface area contributed by atoms with Gasteiger partial charge in [-0.25, -0.2) is 0 Å². The maximum atomic E-state index is 11.7. The van der Waals surface area contributed by atoms with Crippen LogP contribution in [0.3, 0.4) is 0 Å². The maximum absolute atomic E-state index is 11.7. The van der Waals surface area contributed by atoms with E-state index in [0.717, 1.165) is 23.7 Å². The van der Waals surface area contributed by atoms with E-state index >= 15 is 0 Å². The van der Waals surface area contributed by atoms with Crippen LogP contribution in [0.1, 0.15) is 11.1 Å². The predicted molar refractivity (Wildman–Crippen MR) is 86.1 cm³/mol. The molecule has 0 fully saturated rings. The van der Waals surface area contributed by atoms with E-state index in [2.05, 4.69) is 5.18 Å². The first-order valence-electron chi connectivity index (χ1n) is 6.49. The molecule has 0 aliphatic rings. The predicted octanol–water partition coefficient (Wildman–Crippen LogP) is 4.45. The Morgan fingerprint density at radius 3 is 2.43 bits per heavy atom. The zero-order valence-electron chi connectivity index (χ0n) is 11.9. The van der Waals surface area contributed by atoms with E-state index in [1.807, 2.05) is 36.4 Å². The summed E-state index contributed by atoms with van der Waals surface area (Å²) in [6.07, 6.45) is 0.732. The monoisotopic (exact) mass is 300 g/mol. The number of nitrogens with zero attached hydrogens (tertiary/aromatic N) is 2. The number of thioether (sulfide) groups is 1. The van der Waals surface area contributed by atoms with E-state index in [4.69, 9.17) is 0 Å². The number of rotatable bonds is 4. The molecule has 4 nitrogen and oxygen atoms in total. The van der Waals surface area contributed by atoms with Crippen LogP contribution >= 0.6 is 11.8 Å². The zero-order valence-corrected chi connectivity index (χ0v) is 12.8. The van der Waals surface area contributed by atoms with Crippen molar-refractivity contribution in [3.63, 3.8) is 0 Å². The van der Waals surface area contributed by atoms with E-state index in [1.54, 1.807) is 26.2 Å². The summed E-state index contributed by atoms with van der Waals surface area (Å²) in [5.74, 6) is 0. The van der Waals surface area contributed by atoms with Crippen molar-refractivity contribution in [1.82, 2.24) is 4.90 Å². The molecule has 0 saturated heterocycles. The van der Waals surface area contributed by atoms with Crippen LogP contribution in [-0.4, -0.2) is 24.2 Å². The lowest BCUT2D eigenvalue weighted by atomic mass is 10.0. The Labute approximate surface area is 128 Å².